The van der Waals surface area contributed by atoms with Gasteiger partial charge in [0.2, 0.25) is 0 Å². The van der Waals surface area contributed by atoms with E-state index in [0.717, 1.165) is 23.6 Å². The molecule has 2 rings (SSSR count). The maximum Gasteiger partial charge on any atom is 0.127 e. The number of pyridine rings is 2. The molecule has 0 aliphatic heterocycles. The van der Waals surface area contributed by atoms with Crippen LogP contribution in [0, 0.1) is 0 Å². The Morgan fingerprint density at radius 3 is 2.16 bits per heavy atom. The molecule has 0 aliphatic rings. The monoisotopic (exact) mass is 256 g/mol. The van der Waals surface area contributed by atoms with Crippen LogP contribution in [0.4, 0.5) is 5.82 Å². The lowest BCUT2D eigenvalue weighted by molar-refractivity contribution is 0.402. The van der Waals surface area contributed by atoms with Crippen LogP contribution in [-0.4, -0.2) is 43.1 Å². The van der Waals surface area contributed by atoms with E-state index < -0.39 is 0 Å². The van der Waals surface area contributed by atoms with Crippen LogP contribution in [0.1, 0.15) is 5.56 Å². The number of hydrogen-bond donors (Lipinski definition) is 0. The summed E-state index contributed by atoms with van der Waals surface area (Å²) < 4.78 is 0. The van der Waals surface area contributed by atoms with Gasteiger partial charge < -0.3 is 9.80 Å². The molecule has 0 radical (unpaired) electrons. The Kier molecular flexibility index (Phi) is 4.12. The molecule has 0 unspecified atom stereocenters. The van der Waals surface area contributed by atoms with Gasteiger partial charge in [0.05, 0.1) is 5.69 Å². The fourth-order valence-corrected chi connectivity index (χ4v) is 1.86. The van der Waals surface area contributed by atoms with Crippen LogP contribution in [0.5, 0.6) is 0 Å². The first-order valence-electron chi connectivity index (χ1n) is 6.29. The van der Waals surface area contributed by atoms with Crippen LogP contribution in [-0.2, 0) is 6.54 Å². The number of hydrogen-bond acceptors (Lipinski definition) is 4. The molecule has 0 N–H and O–H groups in total. The van der Waals surface area contributed by atoms with Crippen molar-refractivity contribution in [2.24, 2.45) is 0 Å². The van der Waals surface area contributed by atoms with Crippen molar-refractivity contribution < 1.29 is 0 Å². The molecule has 19 heavy (non-hydrogen) atoms. The summed E-state index contributed by atoms with van der Waals surface area (Å²) in [5, 5.41) is 0. The Labute approximate surface area is 114 Å². The highest BCUT2D eigenvalue weighted by atomic mass is 15.1. The van der Waals surface area contributed by atoms with E-state index >= 15 is 0 Å². The van der Waals surface area contributed by atoms with Crippen molar-refractivity contribution in [3.63, 3.8) is 0 Å². The lowest BCUT2D eigenvalue weighted by Gasteiger charge is -2.12. The van der Waals surface area contributed by atoms with Gasteiger partial charge in [0.15, 0.2) is 0 Å². The Hall–Kier alpha value is -1.94. The highest BCUT2D eigenvalue weighted by molar-refractivity contribution is 5.59. The number of rotatable bonds is 4. The SMILES string of the molecule is CN(C)Cc1ccc(-c2ccc(N(C)C)nc2)nc1. The molecule has 0 aliphatic carbocycles. The fourth-order valence-electron chi connectivity index (χ4n) is 1.86. The number of anilines is 1. The molecule has 100 valence electrons. The summed E-state index contributed by atoms with van der Waals surface area (Å²) in [4.78, 5) is 13.0. The molecule has 0 spiro atoms. The molecule has 0 saturated carbocycles. The van der Waals surface area contributed by atoms with Crippen molar-refractivity contribution in [1.82, 2.24) is 14.9 Å². The molecule has 0 aromatic carbocycles. The molecule has 0 saturated heterocycles. The van der Waals surface area contributed by atoms with Crippen molar-refractivity contribution in [2.75, 3.05) is 33.1 Å². The predicted molar refractivity (Wildman–Crippen MR) is 79.2 cm³/mol. The van der Waals surface area contributed by atoms with E-state index in [1.807, 2.05) is 43.5 Å². The standard InChI is InChI=1S/C15H20N4/c1-18(2)11-12-5-7-14(16-9-12)13-6-8-15(17-10-13)19(3)4/h5-10H,11H2,1-4H3. The third-order valence-electron chi connectivity index (χ3n) is 2.83. The quantitative estimate of drug-likeness (QED) is 0.840. The summed E-state index contributed by atoms with van der Waals surface area (Å²) >= 11 is 0. The third kappa shape index (κ3) is 3.51. The summed E-state index contributed by atoms with van der Waals surface area (Å²) in [6, 6.07) is 8.22. The van der Waals surface area contributed by atoms with Gasteiger partial charge in [-0.25, -0.2) is 4.98 Å². The Bertz CT molecular complexity index is 515. The van der Waals surface area contributed by atoms with E-state index in [1.165, 1.54) is 5.56 Å². The first-order valence-corrected chi connectivity index (χ1v) is 6.29. The summed E-state index contributed by atoms with van der Waals surface area (Å²) in [5.41, 5.74) is 3.22. The zero-order valence-electron chi connectivity index (χ0n) is 12.0. The smallest absolute Gasteiger partial charge is 0.127 e. The zero-order valence-corrected chi connectivity index (χ0v) is 12.0. The van der Waals surface area contributed by atoms with Gasteiger partial charge >= 0.3 is 0 Å². The third-order valence-corrected chi connectivity index (χ3v) is 2.83. The van der Waals surface area contributed by atoms with Crippen molar-refractivity contribution in [2.45, 2.75) is 6.54 Å². The molecular weight excluding hydrogens is 236 g/mol. The van der Waals surface area contributed by atoms with E-state index in [2.05, 4.69) is 41.1 Å². The van der Waals surface area contributed by atoms with Crippen molar-refractivity contribution in [3.05, 3.63) is 42.2 Å². The van der Waals surface area contributed by atoms with Gasteiger partial charge in [-0.15, -0.1) is 0 Å². The summed E-state index contributed by atoms with van der Waals surface area (Å²) in [6.07, 6.45) is 3.79. The van der Waals surface area contributed by atoms with E-state index in [0.29, 0.717) is 0 Å². The second-order valence-corrected chi connectivity index (χ2v) is 5.09. The van der Waals surface area contributed by atoms with Gasteiger partial charge in [0.1, 0.15) is 5.82 Å². The molecule has 0 bridgehead atoms. The van der Waals surface area contributed by atoms with E-state index in [4.69, 9.17) is 0 Å². The second kappa shape index (κ2) is 5.80. The fraction of sp³-hybridized carbons (Fsp3) is 0.333. The van der Waals surface area contributed by atoms with Crippen molar-refractivity contribution in [1.29, 1.82) is 0 Å². The van der Waals surface area contributed by atoms with Gasteiger partial charge in [0.25, 0.3) is 0 Å². The lowest BCUT2D eigenvalue weighted by atomic mass is 10.1. The van der Waals surface area contributed by atoms with Crippen LogP contribution in [0.3, 0.4) is 0 Å². The number of aromatic nitrogens is 2. The largest absolute Gasteiger partial charge is 0.363 e. The van der Waals surface area contributed by atoms with Gasteiger partial charge in [-0.2, -0.15) is 0 Å². The average Bonchev–Trinajstić information content (AvgIpc) is 2.39. The molecule has 2 aromatic heterocycles. The summed E-state index contributed by atoms with van der Waals surface area (Å²) in [5.74, 6) is 0.952. The normalized spacial score (nSPS) is 10.8. The minimum atomic E-state index is 0.908. The minimum absolute atomic E-state index is 0.908. The molecule has 0 amide bonds. The molecule has 0 atom stereocenters. The van der Waals surface area contributed by atoms with E-state index in [1.54, 1.807) is 0 Å². The van der Waals surface area contributed by atoms with E-state index in [9.17, 15) is 0 Å². The van der Waals surface area contributed by atoms with Gasteiger partial charge in [-0.3, -0.25) is 4.98 Å². The van der Waals surface area contributed by atoms with Gasteiger partial charge in [-0.05, 0) is 37.9 Å². The molecule has 4 heteroatoms. The maximum absolute atomic E-state index is 4.50. The maximum atomic E-state index is 4.50. The molecular formula is C15H20N4. The summed E-state index contributed by atoms with van der Waals surface area (Å²) in [7, 11) is 8.07. The summed E-state index contributed by atoms with van der Waals surface area (Å²) in [6.45, 7) is 0.908. The Balaban J connectivity index is 2.17. The zero-order chi connectivity index (χ0) is 13.8. The Morgan fingerprint density at radius 2 is 1.68 bits per heavy atom. The first kappa shape index (κ1) is 13.5. The molecule has 0 fully saturated rings. The second-order valence-electron chi connectivity index (χ2n) is 5.09. The van der Waals surface area contributed by atoms with Crippen molar-refractivity contribution in [3.8, 4) is 11.3 Å². The predicted octanol–water partition coefficient (Wildman–Crippen LogP) is 2.27. The lowest BCUT2D eigenvalue weighted by Crippen LogP contribution is -2.11. The highest BCUT2D eigenvalue weighted by Crippen LogP contribution is 2.18. The van der Waals surface area contributed by atoms with Gasteiger partial charge in [-0.1, -0.05) is 6.07 Å². The highest BCUT2D eigenvalue weighted by Gasteiger charge is 2.02. The molecule has 2 heterocycles. The van der Waals surface area contributed by atoms with E-state index in [-0.39, 0.29) is 0 Å². The van der Waals surface area contributed by atoms with Crippen LogP contribution >= 0.6 is 0 Å². The average molecular weight is 256 g/mol. The minimum Gasteiger partial charge on any atom is -0.363 e. The van der Waals surface area contributed by atoms with Crippen LogP contribution < -0.4 is 4.90 Å². The number of nitrogens with zero attached hydrogens (tertiary/aromatic N) is 4. The van der Waals surface area contributed by atoms with Crippen molar-refractivity contribution >= 4 is 5.82 Å². The van der Waals surface area contributed by atoms with Crippen LogP contribution in [0.15, 0.2) is 36.7 Å². The Morgan fingerprint density at radius 1 is 0.895 bits per heavy atom. The molecule has 2 aromatic rings. The van der Waals surface area contributed by atoms with Gasteiger partial charge in [0, 0.05) is 38.6 Å². The van der Waals surface area contributed by atoms with Crippen LogP contribution in [0.2, 0.25) is 0 Å². The first-order chi connectivity index (χ1) is 9.06. The topological polar surface area (TPSA) is 32.3 Å². The molecule has 4 nitrogen and oxygen atoms in total. The van der Waals surface area contributed by atoms with Crippen LogP contribution in [0.25, 0.3) is 11.3 Å².